The Morgan fingerprint density at radius 1 is 1.40 bits per heavy atom. The van der Waals surface area contributed by atoms with E-state index < -0.39 is 0 Å². The molecule has 1 atom stereocenters. The van der Waals surface area contributed by atoms with E-state index in [2.05, 4.69) is 17.2 Å². The van der Waals surface area contributed by atoms with Crippen LogP contribution in [0.1, 0.15) is 34.1 Å². The van der Waals surface area contributed by atoms with Crippen molar-refractivity contribution < 1.29 is 4.74 Å². The van der Waals surface area contributed by atoms with Gasteiger partial charge in [0.1, 0.15) is 5.75 Å². The second kappa shape index (κ2) is 6.57. The Labute approximate surface area is 129 Å². The van der Waals surface area contributed by atoms with Crippen LogP contribution >= 0.6 is 22.9 Å². The topological polar surface area (TPSA) is 34.1 Å². The molecule has 1 aromatic carbocycles. The molecule has 3 nitrogen and oxygen atoms in total. The Morgan fingerprint density at radius 2 is 2.15 bits per heavy atom. The molecule has 2 aromatic rings. The molecule has 108 valence electrons. The summed E-state index contributed by atoms with van der Waals surface area (Å²) in [6.07, 6.45) is 0. The lowest BCUT2D eigenvalue weighted by atomic mass is 10.0. The van der Waals surface area contributed by atoms with Gasteiger partial charge in [0.2, 0.25) is 0 Å². The standard InChI is InChI=1S/C15H19ClN2OS/c1-5-17-14(15-9(2)18-10(3)20-15)12-8-11(16)6-7-13(12)19-4/h6-8,14,17H,5H2,1-4H3. The van der Waals surface area contributed by atoms with E-state index in [-0.39, 0.29) is 6.04 Å². The second-order valence-corrected chi connectivity index (χ2v) is 6.23. The van der Waals surface area contributed by atoms with Crippen LogP contribution in [0.15, 0.2) is 18.2 Å². The number of hydrogen-bond acceptors (Lipinski definition) is 4. The Hall–Kier alpha value is -1.10. The number of ether oxygens (including phenoxy) is 1. The fourth-order valence-corrected chi connectivity index (χ4v) is 3.50. The molecule has 0 fully saturated rings. The lowest BCUT2D eigenvalue weighted by Crippen LogP contribution is -2.22. The first-order valence-electron chi connectivity index (χ1n) is 6.57. The minimum Gasteiger partial charge on any atom is -0.496 e. The van der Waals surface area contributed by atoms with Gasteiger partial charge in [-0.1, -0.05) is 18.5 Å². The van der Waals surface area contributed by atoms with E-state index in [0.29, 0.717) is 5.02 Å². The maximum Gasteiger partial charge on any atom is 0.124 e. The van der Waals surface area contributed by atoms with Gasteiger partial charge in [-0.2, -0.15) is 0 Å². The van der Waals surface area contributed by atoms with Gasteiger partial charge in [0.05, 0.1) is 23.9 Å². The van der Waals surface area contributed by atoms with Crippen molar-refractivity contribution in [3.63, 3.8) is 0 Å². The van der Waals surface area contributed by atoms with Crippen molar-refractivity contribution >= 4 is 22.9 Å². The lowest BCUT2D eigenvalue weighted by Gasteiger charge is -2.20. The number of nitrogens with one attached hydrogen (secondary N) is 1. The third-order valence-corrected chi connectivity index (χ3v) is 4.49. The minimum absolute atomic E-state index is 0.0554. The van der Waals surface area contributed by atoms with Gasteiger partial charge in [-0.05, 0) is 38.6 Å². The highest BCUT2D eigenvalue weighted by Crippen LogP contribution is 2.36. The van der Waals surface area contributed by atoms with E-state index >= 15 is 0 Å². The van der Waals surface area contributed by atoms with E-state index in [4.69, 9.17) is 16.3 Å². The summed E-state index contributed by atoms with van der Waals surface area (Å²) in [7, 11) is 1.68. The molecule has 5 heteroatoms. The number of nitrogens with zero attached hydrogens (tertiary/aromatic N) is 1. The van der Waals surface area contributed by atoms with E-state index in [0.717, 1.165) is 28.6 Å². The largest absolute Gasteiger partial charge is 0.496 e. The summed E-state index contributed by atoms with van der Waals surface area (Å²) in [5.41, 5.74) is 2.11. The molecule has 1 N–H and O–H groups in total. The molecule has 0 saturated heterocycles. The van der Waals surface area contributed by atoms with Crippen molar-refractivity contribution in [2.24, 2.45) is 0 Å². The summed E-state index contributed by atoms with van der Waals surface area (Å²) in [5, 5.41) is 5.28. The summed E-state index contributed by atoms with van der Waals surface area (Å²) in [4.78, 5) is 5.74. The van der Waals surface area contributed by atoms with Gasteiger partial charge in [-0.15, -0.1) is 11.3 Å². The molecule has 20 heavy (non-hydrogen) atoms. The van der Waals surface area contributed by atoms with E-state index in [9.17, 15) is 0 Å². The Bertz CT molecular complexity index is 598. The molecule has 0 radical (unpaired) electrons. The highest BCUT2D eigenvalue weighted by molar-refractivity contribution is 7.11. The Balaban J connectivity index is 2.53. The number of halogens is 1. The van der Waals surface area contributed by atoms with E-state index in [1.54, 1.807) is 18.4 Å². The molecule has 1 heterocycles. The van der Waals surface area contributed by atoms with Crippen LogP contribution in [0.3, 0.4) is 0 Å². The second-order valence-electron chi connectivity index (χ2n) is 4.56. The summed E-state index contributed by atoms with van der Waals surface area (Å²) >= 11 is 7.86. The molecule has 1 aromatic heterocycles. The quantitative estimate of drug-likeness (QED) is 0.902. The summed E-state index contributed by atoms with van der Waals surface area (Å²) in [6, 6.07) is 5.77. The van der Waals surface area contributed by atoms with Gasteiger partial charge >= 0.3 is 0 Å². The van der Waals surface area contributed by atoms with Gasteiger partial charge < -0.3 is 10.1 Å². The van der Waals surface area contributed by atoms with E-state index in [1.807, 2.05) is 32.0 Å². The number of hydrogen-bond donors (Lipinski definition) is 1. The maximum atomic E-state index is 6.15. The van der Waals surface area contributed by atoms with E-state index in [1.165, 1.54) is 4.88 Å². The van der Waals surface area contributed by atoms with Crippen LogP contribution < -0.4 is 10.1 Å². The van der Waals surface area contributed by atoms with Crippen molar-refractivity contribution in [2.45, 2.75) is 26.8 Å². The van der Waals surface area contributed by atoms with Crippen LogP contribution in [0.2, 0.25) is 5.02 Å². The number of aromatic nitrogens is 1. The third kappa shape index (κ3) is 3.14. The molecular weight excluding hydrogens is 292 g/mol. The van der Waals surface area contributed by atoms with Crippen molar-refractivity contribution in [2.75, 3.05) is 13.7 Å². The SMILES string of the molecule is CCNC(c1cc(Cl)ccc1OC)c1sc(C)nc1C. The van der Waals surface area contributed by atoms with Crippen LogP contribution in [0.4, 0.5) is 0 Å². The Kier molecular flexibility index (Phi) is 5.02. The zero-order chi connectivity index (χ0) is 14.7. The van der Waals surface area contributed by atoms with Gasteiger partial charge in [0, 0.05) is 15.5 Å². The van der Waals surface area contributed by atoms with Crippen LogP contribution in [0.25, 0.3) is 0 Å². The number of benzene rings is 1. The number of rotatable bonds is 5. The van der Waals surface area contributed by atoms with Crippen molar-refractivity contribution in [1.82, 2.24) is 10.3 Å². The molecule has 1 unspecified atom stereocenters. The fraction of sp³-hybridized carbons (Fsp3) is 0.400. The molecule has 0 aliphatic heterocycles. The third-order valence-electron chi connectivity index (χ3n) is 3.11. The highest BCUT2D eigenvalue weighted by atomic mass is 35.5. The fourth-order valence-electron chi connectivity index (χ4n) is 2.29. The first-order valence-corrected chi connectivity index (χ1v) is 7.77. The minimum atomic E-state index is 0.0554. The molecule has 0 aliphatic rings. The predicted octanol–water partition coefficient (Wildman–Crippen LogP) is 4.12. The predicted molar refractivity (Wildman–Crippen MR) is 85.1 cm³/mol. The molecule has 0 bridgehead atoms. The zero-order valence-corrected chi connectivity index (χ0v) is 13.7. The summed E-state index contributed by atoms with van der Waals surface area (Å²) < 4.78 is 5.48. The smallest absolute Gasteiger partial charge is 0.124 e. The lowest BCUT2D eigenvalue weighted by molar-refractivity contribution is 0.404. The molecule has 0 aliphatic carbocycles. The monoisotopic (exact) mass is 310 g/mol. The highest BCUT2D eigenvalue weighted by Gasteiger charge is 2.22. The van der Waals surface area contributed by atoms with Crippen LogP contribution in [-0.2, 0) is 0 Å². The number of thiazole rings is 1. The van der Waals surface area contributed by atoms with Crippen molar-refractivity contribution in [3.05, 3.63) is 44.4 Å². The average Bonchev–Trinajstić information content (AvgIpc) is 2.75. The number of aryl methyl sites for hydroxylation is 2. The van der Waals surface area contributed by atoms with Gasteiger partial charge in [0.25, 0.3) is 0 Å². The first kappa shape index (κ1) is 15.3. The van der Waals surface area contributed by atoms with Gasteiger partial charge in [0.15, 0.2) is 0 Å². The first-order chi connectivity index (χ1) is 9.56. The molecule has 0 amide bonds. The average molecular weight is 311 g/mol. The molecule has 0 saturated carbocycles. The maximum absolute atomic E-state index is 6.15. The van der Waals surface area contributed by atoms with Crippen molar-refractivity contribution in [1.29, 1.82) is 0 Å². The zero-order valence-electron chi connectivity index (χ0n) is 12.2. The van der Waals surface area contributed by atoms with Gasteiger partial charge in [-0.25, -0.2) is 4.98 Å². The summed E-state index contributed by atoms with van der Waals surface area (Å²) in [5.74, 6) is 0.839. The van der Waals surface area contributed by atoms with Gasteiger partial charge in [-0.3, -0.25) is 0 Å². The Morgan fingerprint density at radius 3 is 2.70 bits per heavy atom. The van der Waals surface area contributed by atoms with Crippen molar-refractivity contribution in [3.8, 4) is 5.75 Å². The molecule has 2 rings (SSSR count). The molecular formula is C15H19ClN2OS. The van der Waals surface area contributed by atoms with Crippen LogP contribution in [0, 0.1) is 13.8 Å². The van der Waals surface area contributed by atoms with Crippen LogP contribution in [-0.4, -0.2) is 18.6 Å². The van der Waals surface area contributed by atoms with Crippen LogP contribution in [0.5, 0.6) is 5.75 Å². The number of methoxy groups -OCH3 is 1. The summed E-state index contributed by atoms with van der Waals surface area (Å²) in [6.45, 7) is 7.02. The molecule has 0 spiro atoms. The normalized spacial score (nSPS) is 12.4.